The Morgan fingerprint density at radius 2 is 1.56 bits per heavy atom. The van der Waals surface area contributed by atoms with Gasteiger partial charge in [0.1, 0.15) is 0 Å². The minimum Gasteiger partial charge on any atom is -0.481 e. The number of unbranched alkanes of at least 4 members (excludes halogenated alkanes) is 3. The van der Waals surface area contributed by atoms with E-state index in [9.17, 15) is 9.90 Å². The molecule has 3 rings (SSSR count). The first-order chi connectivity index (χ1) is 19.8. The van der Waals surface area contributed by atoms with Gasteiger partial charge in [-0.25, -0.2) is 0 Å². The van der Waals surface area contributed by atoms with Crippen molar-refractivity contribution in [2.75, 3.05) is 0 Å². The molecule has 0 bridgehead atoms. The molecule has 2 N–H and O–H groups in total. The zero-order valence-corrected chi connectivity index (χ0v) is 31.5. The maximum Gasteiger partial charge on any atom is 0.303 e. The second kappa shape index (κ2) is 14.6. The minimum absolute atomic E-state index is 0.0289. The van der Waals surface area contributed by atoms with Crippen molar-refractivity contribution >= 4 is 44.0 Å². The molecular weight excluding hydrogens is 589 g/mol. The van der Waals surface area contributed by atoms with E-state index in [0.29, 0.717) is 6.42 Å². The van der Waals surface area contributed by atoms with Crippen LogP contribution in [-0.2, 0) is 13.6 Å². The van der Waals surface area contributed by atoms with Gasteiger partial charge in [-0.1, -0.05) is 79.0 Å². The van der Waals surface area contributed by atoms with Crippen LogP contribution in [0.5, 0.6) is 0 Å². The molecule has 244 valence electrons. The lowest BCUT2D eigenvalue weighted by molar-refractivity contribution is -0.137. The van der Waals surface area contributed by atoms with E-state index < -0.39 is 22.6 Å². The number of carboxylic acids is 1. The van der Waals surface area contributed by atoms with Crippen LogP contribution in [0.15, 0.2) is 30.3 Å². The molecule has 43 heavy (non-hydrogen) atoms. The molecule has 5 nitrogen and oxygen atoms in total. The lowest BCUT2D eigenvalue weighted by Gasteiger charge is -2.41. The summed E-state index contributed by atoms with van der Waals surface area (Å²) >= 11 is 1.86. The van der Waals surface area contributed by atoms with Crippen LogP contribution in [-0.4, -0.2) is 45.0 Å². The highest BCUT2D eigenvalue weighted by molar-refractivity contribution is 7.19. The Morgan fingerprint density at radius 1 is 0.930 bits per heavy atom. The van der Waals surface area contributed by atoms with Gasteiger partial charge in [0.25, 0.3) is 0 Å². The summed E-state index contributed by atoms with van der Waals surface area (Å²) in [6.45, 7) is 23.2. The quantitative estimate of drug-likeness (QED) is 0.148. The third-order valence-corrected chi connectivity index (χ3v) is 20.9. The smallest absolute Gasteiger partial charge is 0.303 e. The number of aliphatic carboxylic acids is 1. The van der Waals surface area contributed by atoms with Crippen molar-refractivity contribution in [1.29, 1.82) is 0 Å². The fraction of sp³-hybridized carbons (Fsp3) is 0.743. The monoisotopic (exact) mass is 648 g/mol. The Bertz CT molecular complexity index is 1150. The number of aliphatic hydroxyl groups is 1. The summed E-state index contributed by atoms with van der Waals surface area (Å²) in [7, 11) is -4.06. The molecule has 1 aliphatic carbocycles. The van der Waals surface area contributed by atoms with Crippen LogP contribution in [0.1, 0.15) is 110 Å². The van der Waals surface area contributed by atoms with E-state index in [2.05, 4.69) is 98.1 Å². The fourth-order valence-electron chi connectivity index (χ4n) is 5.95. The van der Waals surface area contributed by atoms with Crippen LogP contribution in [0, 0.1) is 11.8 Å². The van der Waals surface area contributed by atoms with Crippen molar-refractivity contribution in [2.45, 2.75) is 154 Å². The number of thiophene rings is 1. The summed E-state index contributed by atoms with van der Waals surface area (Å²) in [4.78, 5) is 12.2. The van der Waals surface area contributed by atoms with Gasteiger partial charge >= 0.3 is 5.97 Å². The lowest BCUT2D eigenvalue weighted by atomic mass is 9.84. The van der Waals surface area contributed by atoms with Gasteiger partial charge in [0.15, 0.2) is 16.6 Å². The van der Waals surface area contributed by atoms with Gasteiger partial charge in [0.05, 0.1) is 18.3 Å². The lowest BCUT2D eigenvalue weighted by Crippen LogP contribution is -2.45. The summed E-state index contributed by atoms with van der Waals surface area (Å²) < 4.78 is 15.6. The van der Waals surface area contributed by atoms with Crippen molar-refractivity contribution in [2.24, 2.45) is 11.8 Å². The zero-order chi connectivity index (χ0) is 32.2. The van der Waals surface area contributed by atoms with Gasteiger partial charge < -0.3 is 19.1 Å². The standard InChI is InChI=1S/C35H60O5SSi2/c1-34(2,3)42(7,8)39-29(32-23-25-17-15-16-19-31(25)41-32)22-21-27-26(18-13-11-12-14-20-33(37)38)28(36)24-30(27)40-43(9,10)35(4,5)6/h15-17,19,23,26-30,36H,11-14,18,20-22,24H2,1-10H3,(H,37,38)/t26-,27-,28+,29-,30?/m1/s1. The van der Waals surface area contributed by atoms with E-state index in [4.69, 9.17) is 14.0 Å². The normalized spacial score (nSPS) is 22.8. The molecule has 1 unspecified atom stereocenters. The van der Waals surface area contributed by atoms with Gasteiger partial charge in [-0.3, -0.25) is 4.79 Å². The molecule has 1 saturated carbocycles. The SMILES string of the molecule is CC(C)(C)[Si](C)(C)OC1C[C@H](O)[C@H](CCCCCCC(=O)O)[C@H]1CC[C@@H](O[Si](C)(C)C(C)(C)C)c1cc2ccccc2s1. The first kappa shape index (κ1) is 36.4. The second-order valence-corrected chi connectivity index (χ2v) is 26.7. The van der Waals surface area contributed by atoms with Crippen LogP contribution in [0.2, 0.25) is 36.3 Å². The molecule has 0 aliphatic heterocycles. The number of aliphatic hydroxyl groups excluding tert-OH is 1. The highest BCUT2D eigenvalue weighted by Gasteiger charge is 2.48. The van der Waals surface area contributed by atoms with Crippen molar-refractivity contribution in [3.05, 3.63) is 35.2 Å². The fourth-order valence-corrected chi connectivity index (χ4v) is 9.86. The maximum atomic E-state index is 11.4. The Labute approximate surface area is 268 Å². The first-order valence-corrected chi connectivity index (χ1v) is 23.2. The first-order valence-electron chi connectivity index (χ1n) is 16.6. The Hall–Kier alpha value is -1.04. The molecular formula is C35H60O5SSi2. The van der Waals surface area contributed by atoms with Crippen LogP contribution in [0.4, 0.5) is 0 Å². The Balaban J connectivity index is 1.85. The second-order valence-electron chi connectivity index (χ2n) is 16.0. The van der Waals surface area contributed by atoms with Gasteiger partial charge in [-0.15, -0.1) is 11.3 Å². The molecule has 1 aromatic carbocycles. The third kappa shape index (κ3) is 9.73. The van der Waals surface area contributed by atoms with Crippen molar-refractivity contribution < 1.29 is 23.9 Å². The van der Waals surface area contributed by atoms with E-state index in [1.807, 2.05) is 11.3 Å². The molecule has 0 saturated heterocycles. The molecule has 1 aliphatic rings. The Morgan fingerprint density at radius 3 is 2.16 bits per heavy atom. The highest BCUT2D eigenvalue weighted by atomic mass is 32.1. The van der Waals surface area contributed by atoms with E-state index >= 15 is 0 Å². The molecule has 0 radical (unpaired) electrons. The molecule has 1 fully saturated rings. The zero-order valence-electron chi connectivity index (χ0n) is 28.7. The van der Waals surface area contributed by atoms with E-state index in [0.717, 1.165) is 44.9 Å². The average molecular weight is 649 g/mol. The van der Waals surface area contributed by atoms with Crippen LogP contribution >= 0.6 is 11.3 Å². The molecule has 0 spiro atoms. The highest BCUT2D eigenvalue weighted by Crippen LogP contribution is 2.48. The molecule has 0 amide bonds. The molecule has 1 aromatic heterocycles. The summed E-state index contributed by atoms with van der Waals surface area (Å²) in [6.07, 6.45) is 7.21. The van der Waals surface area contributed by atoms with Gasteiger partial charge in [-0.05, 0) is 97.7 Å². The topological polar surface area (TPSA) is 76.0 Å². The number of hydrogen-bond acceptors (Lipinski definition) is 5. The minimum atomic E-state index is -2.04. The van der Waals surface area contributed by atoms with Crippen LogP contribution < -0.4 is 0 Å². The molecule has 8 heteroatoms. The van der Waals surface area contributed by atoms with Crippen LogP contribution in [0.25, 0.3) is 10.1 Å². The number of benzene rings is 1. The van der Waals surface area contributed by atoms with E-state index in [1.54, 1.807) is 0 Å². The van der Waals surface area contributed by atoms with E-state index in [-0.39, 0.29) is 46.6 Å². The number of carboxylic acid groups (broad SMARTS) is 1. The number of fused-ring (bicyclic) bond motifs is 1. The summed E-state index contributed by atoms with van der Waals surface area (Å²) in [5.41, 5.74) is 0. The van der Waals surface area contributed by atoms with E-state index in [1.165, 1.54) is 15.0 Å². The van der Waals surface area contributed by atoms with Gasteiger partial charge in [-0.2, -0.15) is 0 Å². The summed E-state index contributed by atoms with van der Waals surface area (Å²) in [5.74, 6) is -0.238. The average Bonchev–Trinajstić information content (AvgIpc) is 3.42. The van der Waals surface area contributed by atoms with Crippen molar-refractivity contribution in [1.82, 2.24) is 0 Å². The maximum absolute atomic E-state index is 11.4. The predicted octanol–water partition coefficient (Wildman–Crippen LogP) is 10.6. The third-order valence-electron chi connectivity index (χ3n) is 10.7. The van der Waals surface area contributed by atoms with Crippen molar-refractivity contribution in [3.63, 3.8) is 0 Å². The number of rotatable bonds is 15. The molecule has 5 atom stereocenters. The predicted molar refractivity (Wildman–Crippen MR) is 187 cm³/mol. The summed E-state index contributed by atoms with van der Waals surface area (Å²) in [6, 6.07) is 11.0. The number of carbonyl (C=O) groups is 1. The van der Waals surface area contributed by atoms with Crippen molar-refractivity contribution in [3.8, 4) is 0 Å². The summed E-state index contributed by atoms with van der Waals surface area (Å²) in [5, 5.41) is 21.9. The molecule has 2 aromatic rings. The molecule has 1 heterocycles. The number of hydrogen-bond donors (Lipinski definition) is 2. The Kier molecular flexibility index (Phi) is 12.4. The largest absolute Gasteiger partial charge is 0.481 e. The van der Waals surface area contributed by atoms with Crippen LogP contribution in [0.3, 0.4) is 0 Å². The van der Waals surface area contributed by atoms with Gasteiger partial charge in [0, 0.05) is 16.0 Å². The van der Waals surface area contributed by atoms with Gasteiger partial charge in [0.2, 0.25) is 0 Å².